The lowest BCUT2D eigenvalue weighted by Gasteiger charge is -2.15. The number of hydrogen-bond donors (Lipinski definition) is 4. The number of nitrogens with two attached hydrogens (primary N) is 1. The van der Waals surface area contributed by atoms with Gasteiger partial charge in [-0.15, -0.1) is 0 Å². The first-order chi connectivity index (χ1) is 7.15. The second-order valence-electron chi connectivity index (χ2n) is 3.70. The van der Waals surface area contributed by atoms with Gasteiger partial charge in [-0.3, -0.25) is 25.8 Å². The number of hydrogen-bond acceptors (Lipinski definition) is 4. The molecule has 6 nitrogen and oxygen atoms in total. The predicted molar refractivity (Wildman–Crippen MR) is 55.6 cm³/mol. The molecule has 0 aromatic carbocycles. The average molecular weight is 214 g/mol. The Balaban J connectivity index is 2.46. The molecule has 1 rings (SSSR count). The van der Waals surface area contributed by atoms with Crippen molar-refractivity contribution in [2.45, 2.75) is 38.3 Å². The normalized spacial score (nSPS) is 26.8. The largest absolute Gasteiger partial charge is 0.330 e. The molecular formula is C9H18N4O2. The van der Waals surface area contributed by atoms with Crippen LogP contribution in [-0.2, 0) is 9.59 Å². The van der Waals surface area contributed by atoms with Crippen LogP contribution in [0.1, 0.15) is 26.2 Å². The van der Waals surface area contributed by atoms with Gasteiger partial charge in [-0.25, -0.2) is 0 Å². The van der Waals surface area contributed by atoms with Crippen molar-refractivity contribution >= 4 is 11.8 Å². The van der Waals surface area contributed by atoms with E-state index in [9.17, 15) is 9.59 Å². The number of unbranched alkanes of at least 4 members (excludes halogenated alkanes) is 1. The Morgan fingerprint density at radius 2 is 1.87 bits per heavy atom. The van der Waals surface area contributed by atoms with E-state index in [-0.39, 0.29) is 23.9 Å². The molecule has 1 heterocycles. The molecule has 5 N–H and O–H groups in total. The highest BCUT2D eigenvalue weighted by molar-refractivity contribution is 5.90. The van der Waals surface area contributed by atoms with Crippen LogP contribution in [0.3, 0.4) is 0 Å². The molecule has 86 valence electrons. The van der Waals surface area contributed by atoms with Crippen molar-refractivity contribution in [3.8, 4) is 0 Å². The first kappa shape index (κ1) is 11.9. The molecule has 6 heteroatoms. The molecule has 0 saturated carbocycles. The van der Waals surface area contributed by atoms with E-state index >= 15 is 0 Å². The summed E-state index contributed by atoms with van der Waals surface area (Å²) in [4.78, 5) is 22.7. The van der Waals surface area contributed by atoms with Crippen molar-refractivity contribution < 1.29 is 9.59 Å². The molecule has 0 spiro atoms. The summed E-state index contributed by atoms with van der Waals surface area (Å²) in [5.41, 5.74) is 10.1. The van der Waals surface area contributed by atoms with Crippen LogP contribution < -0.4 is 21.9 Å². The minimum atomic E-state index is -0.355. The van der Waals surface area contributed by atoms with E-state index in [0.29, 0.717) is 13.0 Å². The third-order valence-corrected chi connectivity index (χ3v) is 2.42. The lowest BCUT2D eigenvalue weighted by atomic mass is 10.1. The van der Waals surface area contributed by atoms with Gasteiger partial charge in [0.1, 0.15) is 0 Å². The fraction of sp³-hybridized carbons (Fsp3) is 0.778. The van der Waals surface area contributed by atoms with Crippen molar-refractivity contribution in [3.63, 3.8) is 0 Å². The number of carbonyl (C=O) groups is 2. The average Bonchev–Trinajstić information content (AvgIpc) is 2.33. The summed E-state index contributed by atoms with van der Waals surface area (Å²) in [6, 6.07) is -0.669. The Morgan fingerprint density at radius 1 is 1.20 bits per heavy atom. The number of nitrogens with one attached hydrogen (secondary N) is 3. The monoisotopic (exact) mass is 214 g/mol. The maximum absolute atomic E-state index is 11.5. The van der Waals surface area contributed by atoms with Gasteiger partial charge in [0.25, 0.3) is 11.8 Å². The molecule has 1 aliphatic heterocycles. The second-order valence-corrected chi connectivity index (χ2v) is 3.70. The van der Waals surface area contributed by atoms with Gasteiger partial charge in [0.05, 0.1) is 12.1 Å². The van der Waals surface area contributed by atoms with Crippen molar-refractivity contribution in [3.05, 3.63) is 0 Å². The highest BCUT2D eigenvalue weighted by Crippen LogP contribution is 2.03. The summed E-state index contributed by atoms with van der Waals surface area (Å²) in [7, 11) is 0. The zero-order valence-corrected chi connectivity index (χ0v) is 8.88. The fourth-order valence-electron chi connectivity index (χ4n) is 1.48. The van der Waals surface area contributed by atoms with Gasteiger partial charge in [0.15, 0.2) is 0 Å². The van der Waals surface area contributed by atoms with E-state index in [1.165, 1.54) is 0 Å². The van der Waals surface area contributed by atoms with Gasteiger partial charge >= 0.3 is 0 Å². The van der Waals surface area contributed by atoms with Crippen LogP contribution in [0.2, 0.25) is 0 Å². The summed E-state index contributed by atoms with van der Waals surface area (Å²) >= 11 is 0. The molecule has 0 aromatic heterocycles. The maximum Gasteiger partial charge on any atom is 0.255 e. The number of hydrazine groups is 1. The Bertz CT molecular complexity index is 244. The smallest absolute Gasteiger partial charge is 0.255 e. The quantitative estimate of drug-likeness (QED) is 0.434. The van der Waals surface area contributed by atoms with Crippen molar-refractivity contribution in [1.82, 2.24) is 16.2 Å². The molecule has 2 atom stereocenters. The molecule has 0 unspecified atom stereocenters. The lowest BCUT2D eigenvalue weighted by Crippen LogP contribution is -2.44. The zero-order chi connectivity index (χ0) is 11.3. The first-order valence-electron chi connectivity index (χ1n) is 5.21. The standard InChI is InChI=1S/C9H18N4O2/c1-6-8(14)12-13-9(15)7(11-6)4-2-3-5-10/h6-7,11H,2-5,10H2,1H3,(H,12,14)(H,13,15)/t6-,7+/m1/s1. The summed E-state index contributed by atoms with van der Waals surface area (Å²) < 4.78 is 0. The molecule has 1 aliphatic rings. The maximum atomic E-state index is 11.5. The Labute approximate surface area is 88.9 Å². The molecule has 1 fully saturated rings. The van der Waals surface area contributed by atoms with E-state index < -0.39 is 0 Å². The zero-order valence-electron chi connectivity index (χ0n) is 8.88. The molecule has 2 amide bonds. The molecule has 0 aromatic rings. The Kier molecular flexibility index (Phi) is 4.51. The van der Waals surface area contributed by atoms with Crippen LogP contribution in [0.4, 0.5) is 0 Å². The van der Waals surface area contributed by atoms with Gasteiger partial charge in [-0.1, -0.05) is 6.42 Å². The summed E-state index contributed by atoms with van der Waals surface area (Å²) in [5, 5.41) is 2.97. The second kappa shape index (κ2) is 5.67. The highest BCUT2D eigenvalue weighted by atomic mass is 16.2. The Hall–Kier alpha value is -1.14. The van der Waals surface area contributed by atoms with Crippen LogP contribution in [-0.4, -0.2) is 30.4 Å². The minimum Gasteiger partial charge on any atom is -0.330 e. The van der Waals surface area contributed by atoms with Crippen molar-refractivity contribution in [2.75, 3.05) is 6.54 Å². The SMILES string of the molecule is C[C@H]1N[C@@H](CCCCN)C(=O)NNC1=O. The van der Waals surface area contributed by atoms with Gasteiger partial charge in [0.2, 0.25) is 0 Å². The first-order valence-corrected chi connectivity index (χ1v) is 5.21. The van der Waals surface area contributed by atoms with Gasteiger partial charge in [-0.2, -0.15) is 0 Å². The lowest BCUT2D eigenvalue weighted by molar-refractivity contribution is -0.127. The third-order valence-electron chi connectivity index (χ3n) is 2.42. The van der Waals surface area contributed by atoms with E-state index in [0.717, 1.165) is 12.8 Å². The minimum absolute atomic E-state index is 0.190. The summed E-state index contributed by atoms with van der Waals surface area (Å²) in [5.74, 6) is -0.408. The van der Waals surface area contributed by atoms with Crippen LogP contribution in [0.15, 0.2) is 0 Å². The molecule has 0 radical (unpaired) electrons. The van der Waals surface area contributed by atoms with Crippen LogP contribution in [0, 0.1) is 0 Å². The summed E-state index contributed by atoms with van der Waals surface area (Å²) in [6.45, 7) is 2.35. The van der Waals surface area contributed by atoms with Crippen molar-refractivity contribution in [2.24, 2.45) is 5.73 Å². The molecular weight excluding hydrogens is 196 g/mol. The Morgan fingerprint density at radius 3 is 2.53 bits per heavy atom. The van der Waals surface area contributed by atoms with Crippen LogP contribution in [0.5, 0.6) is 0 Å². The third kappa shape index (κ3) is 3.49. The molecule has 0 bridgehead atoms. The summed E-state index contributed by atoms with van der Waals surface area (Å²) in [6.07, 6.45) is 2.46. The fourth-order valence-corrected chi connectivity index (χ4v) is 1.48. The van der Waals surface area contributed by atoms with E-state index in [4.69, 9.17) is 5.73 Å². The molecule has 0 aliphatic carbocycles. The van der Waals surface area contributed by atoms with E-state index in [1.807, 2.05) is 0 Å². The van der Waals surface area contributed by atoms with E-state index in [1.54, 1.807) is 6.92 Å². The van der Waals surface area contributed by atoms with E-state index in [2.05, 4.69) is 16.2 Å². The van der Waals surface area contributed by atoms with Crippen LogP contribution in [0.25, 0.3) is 0 Å². The number of amides is 2. The van der Waals surface area contributed by atoms with Gasteiger partial charge in [0, 0.05) is 0 Å². The van der Waals surface area contributed by atoms with Gasteiger partial charge < -0.3 is 5.73 Å². The molecule has 15 heavy (non-hydrogen) atoms. The van der Waals surface area contributed by atoms with Crippen molar-refractivity contribution in [1.29, 1.82) is 0 Å². The van der Waals surface area contributed by atoms with Gasteiger partial charge in [-0.05, 0) is 26.3 Å². The predicted octanol–water partition coefficient (Wildman–Crippen LogP) is -1.38. The number of carbonyl (C=O) groups excluding carboxylic acids is 2. The van der Waals surface area contributed by atoms with Crippen LogP contribution >= 0.6 is 0 Å². The molecule has 1 saturated heterocycles. The number of rotatable bonds is 4. The highest BCUT2D eigenvalue weighted by Gasteiger charge is 2.27. The topological polar surface area (TPSA) is 96.2 Å².